The summed E-state index contributed by atoms with van der Waals surface area (Å²) in [5.74, 6) is 0. The quantitative estimate of drug-likeness (QED) is 0.317. The Hall–Kier alpha value is -0.630. The van der Waals surface area contributed by atoms with Crippen molar-refractivity contribution in [2.45, 2.75) is 19.4 Å². The third-order valence-electron chi connectivity index (χ3n) is 1.94. The highest BCUT2D eigenvalue weighted by molar-refractivity contribution is 4.68. The fourth-order valence-corrected chi connectivity index (χ4v) is 1.18. The van der Waals surface area contributed by atoms with Crippen molar-refractivity contribution in [2.24, 2.45) is 0 Å². The van der Waals surface area contributed by atoms with Gasteiger partial charge >= 0.3 is 6.19 Å². The molecule has 0 spiro atoms. The fourth-order valence-electron chi connectivity index (χ4n) is 1.18. The molecule has 1 saturated heterocycles. The molecule has 0 radical (unpaired) electrons. The summed E-state index contributed by atoms with van der Waals surface area (Å²) >= 11 is 0. The Kier molecular flexibility index (Phi) is 2.45. The van der Waals surface area contributed by atoms with Crippen molar-refractivity contribution < 1.29 is 9.38 Å². The first-order chi connectivity index (χ1) is 5.20. The van der Waals surface area contributed by atoms with Crippen molar-refractivity contribution in [1.29, 1.82) is 5.26 Å². The maximum atomic E-state index is 11.4. The lowest BCUT2D eigenvalue weighted by Gasteiger charge is -2.39. The van der Waals surface area contributed by atoms with Gasteiger partial charge in [-0.25, -0.2) is 0 Å². The van der Waals surface area contributed by atoms with Crippen LogP contribution in [0.1, 0.15) is 13.3 Å². The van der Waals surface area contributed by atoms with Gasteiger partial charge in [0.15, 0.2) is 0 Å². The van der Waals surface area contributed by atoms with E-state index in [0.29, 0.717) is 6.61 Å². The van der Waals surface area contributed by atoms with Gasteiger partial charge in [-0.15, -0.1) is 5.26 Å². The molecule has 0 bridgehead atoms. The first-order valence-corrected chi connectivity index (χ1v) is 3.81. The SMILES string of the molecule is CCC1C[N+]([O-])(C#N)CCO1. The van der Waals surface area contributed by atoms with Gasteiger partial charge in [0.2, 0.25) is 0 Å². The van der Waals surface area contributed by atoms with Gasteiger partial charge in [-0.2, -0.15) is 0 Å². The molecule has 4 nitrogen and oxygen atoms in total. The van der Waals surface area contributed by atoms with Crippen molar-refractivity contribution in [2.75, 3.05) is 19.7 Å². The summed E-state index contributed by atoms with van der Waals surface area (Å²) in [6, 6.07) is 0. The van der Waals surface area contributed by atoms with E-state index in [2.05, 4.69) is 0 Å². The largest absolute Gasteiger partial charge is 0.617 e. The number of hydrogen-bond donors (Lipinski definition) is 0. The zero-order chi connectivity index (χ0) is 8.32. The maximum absolute atomic E-state index is 11.4. The number of hydroxylamine groups is 3. The summed E-state index contributed by atoms with van der Waals surface area (Å²) < 4.78 is 4.51. The average Bonchev–Trinajstić information content (AvgIpc) is 2.05. The van der Waals surface area contributed by atoms with E-state index in [0.717, 1.165) is 6.42 Å². The van der Waals surface area contributed by atoms with Crippen LogP contribution < -0.4 is 0 Å². The molecule has 0 N–H and O–H groups in total. The van der Waals surface area contributed by atoms with Crippen LogP contribution in [0.3, 0.4) is 0 Å². The number of hydrogen-bond acceptors (Lipinski definition) is 3. The molecule has 62 valence electrons. The highest BCUT2D eigenvalue weighted by Gasteiger charge is 2.27. The van der Waals surface area contributed by atoms with Gasteiger partial charge in [0.1, 0.15) is 19.2 Å². The summed E-state index contributed by atoms with van der Waals surface area (Å²) in [6.45, 7) is 2.92. The lowest BCUT2D eigenvalue weighted by Crippen LogP contribution is -2.50. The molecule has 0 aromatic rings. The predicted molar refractivity (Wildman–Crippen MR) is 39.0 cm³/mol. The van der Waals surface area contributed by atoms with Gasteiger partial charge in [-0.1, -0.05) is 6.92 Å². The number of quaternary nitrogens is 1. The van der Waals surface area contributed by atoms with Crippen molar-refractivity contribution in [1.82, 2.24) is 0 Å². The minimum absolute atomic E-state index is 0.0269. The van der Waals surface area contributed by atoms with E-state index in [1.54, 1.807) is 6.19 Å². The highest BCUT2D eigenvalue weighted by atomic mass is 16.6. The van der Waals surface area contributed by atoms with Gasteiger partial charge in [0.05, 0.1) is 6.61 Å². The first-order valence-electron chi connectivity index (χ1n) is 3.81. The zero-order valence-corrected chi connectivity index (χ0v) is 6.62. The second kappa shape index (κ2) is 3.18. The summed E-state index contributed by atoms with van der Waals surface area (Å²) in [4.78, 5) is 0. The van der Waals surface area contributed by atoms with E-state index in [1.807, 2.05) is 6.92 Å². The monoisotopic (exact) mass is 156 g/mol. The molecule has 1 heterocycles. The lowest BCUT2D eigenvalue weighted by atomic mass is 10.2. The predicted octanol–water partition coefficient (Wildman–Crippen LogP) is 0.591. The molecule has 2 unspecified atom stereocenters. The number of nitriles is 1. The van der Waals surface area contributed by atoms with Crippen molar-refractivity contribution in [3.05, 3.63) is 5.21 Å². The van der Waals surface area contributed by atoms with Gasteiger partial charge in [0, 0.05) is 0 Å². The van der Waals surface area contributed by atoms with Crippen molar-refractivity contribution in [3.63, 3.8) is 0 Å². The van der Waals surface area contributed by atoms with Crippen LogP contribution in [0.25, 0.3) is 0 Å². The van der Waals surface area contributed by atoms with Gasteiger partial charge in [0.25, 0.3) is 0 Å². The Morgan fingerprint density at radius 3 is 3.09 bits per heavy atom. The second-order valence-corrected chi connectivity index (χ2v) is 2.80. The summed E-state index contributed by atoms with van der Waals surface area (Å²) in [5, 5.41) is 19.9. The summed E-state index contributed by atoms with van der Waals surface area (Å²) in [6.07, 6.45) is 2.53. The lowest BCUT2D eigenvalue weighted by molar-refractivity contribution is -0.829. The third kappa shape index (κ3) is 1.90. The normalized spacial score (nSPS) is 38.1. The fraction of sp³-hybridized carbons (Fsp3) is 0.857. The molecule has 2 atom stereocenters. The van der Waals surface area contributed by atoms with Crippen LogP contribution in [0.15, 0.2) is 0 Å². The molecule has 11 heavy (non-hydrogen) atoms. The molecular formula is C7H12N2O2. The second-order valence-electron chi connectivity index (χ2n) is 2.80. The van der Waals surface area contributed by atoms with E-state index in [4.69, 9.17) is 10.00 Å². The van der Waals surface area contributed by atoms with Crippen LogP contribution in [0.2, 0.25) is 0 Å². The highest BCUT2D eigenvalue weighted by Crippen LogP contribution is 2.14. The van der Waals surface area contributed by atoms with Crippen LogP contribution in [0.5, 0.6) is 0 Å². The smallest absolute Gasteiger partial charge is 0.309 e. The summed E-state index contributed by atoms with van der Waals surface area (Å²) in [5.41, 5.74) is 0. The number of rotatable bonds is 1. The van der Waals surface area contributed by atoms with Gasteiger partial charge in [-0.3, -0.25) is 4.65 Å². The topological polar surface area (TPSA) is 56.1 Å². The molecule has 0 aromatic carbocycles. The van der Waals surface area contributed by atoms with E-state index in [1.165, 1.54) is 0 Å². The van der Waals surface area contributed by atoms with Crippen LogP contribution in [0.4, 0.5) is 0 Å². The molecule has 0 saturated carbocycles. The Morgan fingerprint density at radius 1 is 1.82 bits per heavy atom. The zero-order valence-electron chi connectivity index (χ0n) is 6.62. The molecular weight excluding hydrogens is 144 g/mol. The van der Waals surface area contributed by atoms with Crippen LogP contribution in [-0.4, -0.2) is 30.4 Å². The van der Waals surface area contributed by atoms with E-state index in [9.17, 15) is 5.21 Å². The first kappa shape index (κ1) is 8.47. The molecule has 1 aliphatic rings. The van der Waals surface area contributed by atoms with Gasteiger partial charge in [-0.05, 0) is 6.42 Å². The third-order valence-corrected chi connectivity index (χ3v) is 1.94. The Balaban J connectivity index is 2.53. The standard InChI is InChI=1S/C7H12N2O2/c1-2-7-5-9(10,6-8)3-4-11-7/h7H,2-5H2,1H3. The Bertz CT molecular complexity index is 178. The number of ether oxygens (including phenoxy) is 1. The molecule has 1 fully saturated rings. The summed E-state index contributed by atoms with van der Waals surface area (Å²) in [7, 11) is 0. The minimum Gasteiger partial charge on any atom is -0.617 e. The maximum Gasteiger partial charge on any atom is 0.309 e. The van der Waals surface area contributed by atoms with Crippen LogP contribution in [-0.2, 0) is 4.74 Å². The number of nitrogens with zero attached hydrogens (tertiary/aromatic N) is 2. The molecule has 0 amide bonds. The number of morpholine rings is 1. The van der Waals surface area contributed by atoms with E-state index >= 15 is 0 Å². The average molecular weight is 156 g/mol. The van der Waals surface area contributed by atoms with E-state index in [-0.39, 0.29) is 19.2 Å². The van der Waals surface area contributed by atoms with Gasteiger partial charge < -0.3 is 9.94 Å². The van der Waals surface area contributed by atoms with E-state index < -0.39 is 4.65 Å². The molecule has 0 aromatic heterocycles. The molecule has 4 heteroatoms. The molecule has 1 rings (SSSR count). The Morgan fingerprint density at radius 2 is 2.55 bits per heavy atom. The van der Waals surface area contributed by atoms with Crippen molar-refractivity contribution in [3.8, 4) is 6.19 Å². The molecule has 1 aliphatic heterocycles. The minimum atomic E-state index is -0.751. The van der Waals surface area contributed by atoms with Crippen LogP contribution in [0, 0.1) is 16.7 Å². The molecule has 0 aliphatic carbocycles. The Labute approximate surface area is 66.1 Å². The van der Waals surface area contributed by atoms with Crippen molar-refractivity contribution >= 4 is 0 Å². The van der Waals surface area contributed by atoms with Crippen LogP contribution >= 0.6 is 0 Å².